The monoisotopic (exact) mass is 374 g/mol. The summed E-state index contributed by atoms with van der Waals surface area (Å²) in [6, 6.07) is 4.50. The van der Waals surface area contributed by atoms with Gasteiger partial charge in [0.1, 0.15) is 5.75 Å². The van der Waals surface area contributed by atoms with Crippen molar-refractivity contribution in [1.29, 1.82) is 0 Å². The van der Waals surface area contributed by atoms with E-state index < -0.39 is 6.61 Å². The molecular weight excluding hydrogens is 354 g/mol. The molecule has 1 N–H and O–H groups in total. The van der Waals surface area contributed by atoms with Crippen LogP contribution in [0.15, 0.2) is 18.2 Å². The lowest BCUT2D eigenvalue weighted by molar-refractivity contribution is -0.124. The van der Waals surface area contributed by atoms with Gasteiger partial charge in [-0.05, 0) is 31.0 Å². The maximum atomic E-state index is 12.3. The van der Waals surface area contributed by atoms with Crippen molar-refractivity contribution in [3.63, 3.8) is 0 Å². The summed E-state index contributed by atoms with van der Waals surface area (Å²) >= 11 is 5.90. The van der Waals surface area contributed by atoms with E-state index in [0.29, 0.717) is 18.3 Å². The molecule has 1 heterocycles. The molecule has 0 unspecified atom stereocenters. The Kier molecular flexibility index (Phi) is 6.09. The highest BCUT2D eigenvalue weighted by Gasteiger charge is 2.34. The second kappa shape index (κ2) is 8.29. The Hall–Kier alpha value is -1.44. The number of fused-ring (bicyclic) bond motifs is 1. The first-order valence-electron chi connectivity index (χ1n) is 8.43. The Balaban J connectivity index is 1.57. The molecule has 8 heteroatoms. The number of alkyl halides is 2. The summed E-state index contributed by atoms with van der Waals surface area (Å²) in [7, 11) is 0. The summed E-state index contributed by atoms with van der Waals surface area (Å²) < 4.78 is 34.6. The van der Waals surface area contributed by atoms with Crippen molar-refractivity contribution in [1.82, 2.24) is 4.90 Å². The van der Waals surface area contributed by atoms with Gasteiger partial charge in [0, 0.05) is 18.3 Å². The molecule has 1 aromatic rings. The summed E-state index contributed by atoms with van der Waals surface area (Å²) in [5, 5.41) is 2.78. The van der Waals surface area contributed by atoms with Crippen LogP contribution >= 0.6 is 11.6 Å². The third-order valence-electron chi connectivity index (χ3n) is 4.63. The molecule has 25 heavy (non-hydrogen) atoms. The van der Waals surface area contributed by atoms with E-state index in [0.717, 1.165) is 25.8 Å². The van der Waals surface area contributed by atoms with Crippen molar-refractivity contribution < 1.29 is 23.0 Å². The van der Waals surface area contributed by atoms with Crippen LogP contribution < -0.4 is 10.1 Å². The predicted octanol–water partition coefficient (Wildman–Crippen LogP) is 3.52. The number of anilines is 1. The van der Waals surface area contributed by atoms with Crippen LogP contribution in [0.5, 0.6) is 5.75 Å². The zero-order valence-corrected chi connectivity index (χ0v) is 14.5. The SMILES string of the molecule is O=C(CN1CCO[C@@H]2CCCC[C@H]21)Nc1ccc(OC(F)F)c(Cl)c1. The second-order valence-electron chi connectivity index (χ2n) is 6.30. The minimum atomic E-state index is -2.94. The minimum Gasteiger partial charge on any atom is -0.433 e. The number of halogens is 3. The third-order valence-corrected chi connectivity index (χ3v) is 4.92. The summed E-state index contributed by atoms with van der Waals surface area (Å²) in [6.45, 7) is -1.30. The number of nitrogens with one attached hydrogen (secondary N) is 1. The van der Waals surface area contributed by atoms with Crippen LogP contribution in [0.3, 0.4) is 0 Å². The van der Waals surface area contributed by atoms with Crippen LogP contribution in [0.1, 0.15) is 25.7 Å². The Morgan fingerprint density at radius 2 is 2.20 bits per heavy atom. The number of carbonyl (C=O) groups excluding carboxylic acids is 1. The maximum Gasteiger partial charge on any atom is 0.387 e. The van der Waals surface area contributed by atoms with Gasteiger partial charge in [0.2, 0.25) is 5.91 Å². The number of hydrogen-bond donors (Lipinski definition) is 1. The first kappa shape index (κ1) is 18.4. The lowest BCUT2D eigenvalue weighted by Crippen LogP contribution is -2.54. The summed E-state index contributed by atoms with van der Waals surface area (Å²) in [6.07, 6.45) is 4.64. The van der Waals surface area contributed by atoms with Crippen LogP contribution in [0.2, 0.25) is 5.02 Å². The van der Waals surface area contributed by atoms with Crippen LogP contribution in [-0.2, 0) is 9.53 Å². The normalized spacial score (nSPS) is 24.0. The highest BCUT2D eigenvalue weighted by Crippen LogP contribution is 2.30. The summed E-state index contributed by atoms with van der Waals surface area (Å²) in [5.74, 6) is -0.280. The number of carbonyl (C=O) groups is 1. The fourth-order valence-corrected chi connectivity index (χ4v) is 3.75. The van der Waals surface area contributed by atoms with Gasteiger partial charge in [-0.15, -0.1) is 0 Å². The van der Waals surface area contributed by atoms with Gasteiger partial charge in [0.15, 0.2) is 0 Å². The van der Waals surface area contributed by atoms with Gasteiger partial charge in [-0.25, -0.2) is 0 Å². The molecule has 3 rings (SSSR count). The van der Waals surface area contributed by atoms with E-state index in [1.54, 1.807) is 0 Å². The Bertz CT molecular complexity index is 616. The number of amides is 1. The number of ether oxygens (including phenoxy) is 2. The molecule has 5 nitrogen and oxygen atoms in total. The van der Waals surface area contributed by atoms with E-state index in [4.69, 9.17) is 16.3 Å². The molecule has 1 aliphatic heterocycles. The first-order valence-corrected chi connectivity index (χ1v) is 8.80. The highest BCUT2D eigenvalue weighted by atomic mass is 35.5. The molecule has 2 fully saturated rings. The van der Waals surface area contributed by atoms with Crippen LogP contribution in [-0.4, -0.2) is 49.3 Å². The van der Waals surface area contributed by atoms with Crippen molar-refractivity contribution in [2.75, 3.05) is 25.0 Å². The molecule has 0 radical (unpaired) electrons. The number of nitrogens with zero attached hydrogens (tertiary/aromatic N) is 1. The van der Waals surface area contributed by atoms with E-state index in [1.165, 1.54) is 24.6 Å². The number of morpholine rings is 1. The average molecular weight is 375 g/mol. The minimum absolute atomic E-state index is 0.0248. The van der Waals surface area contributed by atoms with Gasteiger partial charge >= 0.3 is 6.61 Å². The highest BCUT2D eigenvalue weighted by molar-refractivity contribution is 6.32. The molecule has 138 valence electrons. The molecule has 1 saturated carbocycles. The predicted molar refractivity (Wildman–Crippen MR) is 90.3 cm³/mol. The van der Waals surface area contributed by atoms with Gasteiger partial charge in [0.05, 0.1) is 24.3 Å². The van der Waals surface area contributed by atoms with E-state index in [9.17, 15) is 13.6 Å². The number of rotatable bonds is 5. The van der Waals surface area contributed by atoms with Crippen LogP contribution in [0.25, 0.3) is 0 Å². The van der Waals surface area contributed by atoms with Gasteiger partial charge in [-0.1, -0.05) is 24.4 Å². The van der Waals surface area contributed by atoms with E-state index in [-0.39, 0.29) is 29.3 Å². The molecule has 1 aliphatic carbocycles. The molecule has 0 aromatic heterocycles. The molecule has 2 aliphatic rings. The van der Waals surface area contributed by atoms with E-state index in [2.05, 4.69) is 15.0 Å². The molecule has 2 atom stereocenters. The van der Waals surface area contributed by atoms with Gasteiger partial charge < -0.3 is 14.8 Å². The van der Waals surface area contributed by atoms with Crippen molar-refractivity contribution in [2.24, 2.45) is 0 Å². The smallest absolute Gasteiger partial charge is 0.387 e. The molecule has 0 bridgehead atoms. The number of benzene rings is 1. The van der Waals surface area contributed by atoms with E-state index >= 15 is 0 Å². The quantitative estimate of drug-likeness (QED) is 0.856. The van der Waals surface area contributed by atoms with Gasteiger partial charge in [-0.2, -0.15) is 8.78 Å². The Labute approximate surface area is 150 Å². The van der Waals surface area contributed by atoms with Crippen molar-refractivity contribution >= 4 is 23.2 Å². The zero-order chi connectivity index (χ0) is 17.8. The lowest BCUT2D eigenvalue weighted by Gasteiger charge is -2.43. The first-order chi connectivity index (χ1) is 12.0. The largest absolute Gasteiger partial charge is 0.433 e. The molecule has 1 amide bonds. The lowest BCUT2D eigenvalue weighted by atomic mass is 9.90. The molecular formula is C17H21ClF2N2O3. The van der Waals surface area contributed by atoms with Gasteiger partial charge in [0.25, 0.3) is 0 Å². The Morgan fingerprint density at radius 1 is 1.40 bits per heavy atom. The van der Waals surface area contributed by atoms with Crippen LogP contribution in [0.4, 0.5) is 14.5 Å². The van der Waals surface area contributed by atoms with Crippen molar-refractivity contribution in [2.45, 2.75) is 44.4 Å². The molecule has 0 spiro atoms. The van der Waals surface area contributed by atoms with Crippen LogP contribution in [0, 0.1) is 0 Å². The van der Waals surface area contributed by atoms with Gasteiger partial charge in [-0.3, -0.25) is 9.69 Å². The molecule has 1 saturated heterocycles. The Morgan fingerprint density at radius 3 is 2.96 bits per heavy atom. The van der Waals surface area contributed by atoms with Crippen molar-refractivity contribution in [3.05, 3.63) is 23.2 Å². The van der Waals surface area contributed by atoms with Crippen molar-refractivity contribution in [3.8, 4) is 5.75 Å². The zero-order valence-electron chi connectivity index (χ0n) is 13.7. The maximum absolute atomic E-state index is 12.3. The third kappa shape index (κ3) is 4.80. The topological polar surface area (TPSA) is 50.8 Å². The second-order valence-corrected chi connectivity index (χ2v) is 6.71. The summed E-state index contributed by atoms with van der Waals surface area (Å²) in [4.78, 5) is 14.5. The average Bonchev–Trinajstić information content (AvgIpc) is 2.57. The van der Waals surface area contributed by atoms with E-state index in [1.807, 2.05) is 0 Å². The summed E-state index contributed by atoms with van der Waals surface area (Å²) in [5.41, 5.74) is 0.449. The molecule has 1 aromatic carbocycles. The fourth-order valence-electron chi connectivity index (χ4n) is 3.53. The fraction of sp³-hybridized carbons (Fsp3) is 0.588. The standard InChI is InChI=1S/C17H21ClF2N2O3/c18-12-9-11(5-6-14(12)25-17(19)20)21-16(23)10-22-7-8-24-15-4-2-1-3-13(15)22/h5-6,9,13,15,17H,1-4,7-8,10H2,(H,21,23)/t13-,15-/m1/s1. The number of hydrogen-bond acceptors (Lipinski definition) is 4.